The van der Waals surface area contributed by atoms with Gasteiger partial charge >= 0.3 is 0 Å². The third-order valence-electron chi connectivity index (χ3n) is 4.97. The molecule has 3 rings (SSSR count). The van der Waals surface area contributed by atoms with Crippen LogP contribution in [-0.2, 0) is 16.4 Å². The van der Waals surface area contributed by atoms with Gasteiger partial charge in [0.1, 0.15) is 5.69 Å². The summed E-state index contributed by atoms with van der Waals surface area (Å²) in [6.07, 6.45) is 12.7. The Bertz CT molecular complexity index is 1020. The molecule has 0 aliphatic rings. The van der Waals surface area contributed by atoms with Gasteiger partial charge in [-0.3, -0.25) is 9.67 Å². The van der Waals surface area contributed by atoms with Crippen molar-refractivity contribution in [3.05, 3.63) is 59.5 Å². The van der Waals surface area contributed by atoms with Crippen LogP contribution in [-0.4, -0.2) is 34.1 Å². The van der Waals surface area contributed by atoms with Gasteiger partial charge < -0.3 is 0 Å². The molecule has 0 fully saturated rings. The van der Waals surface area contributed by atoms with Crippen LogP contribution in [0.15, 0.2) is 64.4 Å². The molecule has 3 aromatic rings. The lowest BCUT2D eigenvalue weighted by Crippen LogP contribution is -2.07. The van der Waals surface area contributed by atoms with Crippen LogP contribution in [0.4, 0.5) is 0 Å². The van der Waals surface area contributed by atoms with E-state index in [1.165, 1.54) is 0 Å². The molecular weight excluding hydrogens is 464 g/mol. The maximum atomic E-state index is 12.4. The molecule has 0 unspecified atom stereocenters. The average Bonchev–Trinajstić information content (AvgIpc) is 3.22. The number of aryl methyl sites for hydroxylation is 1. The number of nitrogens with zero attached hydrogens (tertiary/aromatic N) is 4. The maximum absolute atomic E-state index is 12.4. The molecule has 0 amide bonds. The topological polar surface area (TPSA) is 77.7 Å². The molecule has 0 atom stereocenters. The standard InChI is InChI=1S/C22H27BrN4O2S/c23-20-12-6-7-13-22(20)30(28,29)16-9-5-3-1-2-4-8-15-27-18-21(25-26-27)19-11-10-14-24-17-19/h6-7,10-14,17-18H,1-5,8-9,15-16H2. The van der Waals surface area contributed by atoms with E-state index in [1.807, 2.05) is 29.1 Å². The third kappa shape index (κ3) is 6.74. The first-order chi connectivity index (χ1) is 14.6. The van der Waals surface area contributed by atoms with Crippen molar-refractivity contribution in [3.8, 4) is 11.3 Å². The highest BCUT2D eigenvalue weighted by Crippen LogP contribution is 2.23. The molecule has 160 valence electrons. The SMILES string of the molecule is O=S(=O)(CCCCCCCCCn1cc(-c2cccnc2)nn1)c1ccccc1Br. The molecule has 2 aromatic heterocycles. The first kappa shape index (κ1) is 22.6. The third-order valence-corrected chi connectivity index (χ3v) is 7.77. The summed E-state index contributed by atoms with van der Waals surface area (Å²) in [6, 6.07) is 10.9. The molecule has 0 N–H and O–H groups in total. The summed E-state index contributed by atoms with van der Waals surface area (Å²) in [5.41, 5.74) is 1.82. The van der Waals surface area contributed by atoms with Crippen LogP contribution in [0.2, 0.25) is 0 Å². The summed E-state index contributed by atoms with van der Waals surface area (Å²) in [5, 5.41) is 8.39. The van der Waals surface area contributed by atoms with Gasteiger partial charge in [0.05, 0.1) is 16.8 Å². The fourth-order valence-electron chi connectivity index (χ4n) is 3.31. The summed E-state index contributed by atoms with van der Waals surface area (Å²) in [5.74, 6) is 0.210. The number of sulfone groups is 1. The zero-order valence-electron chi connectivity index (χ0n) is 17.0. The van der Waals surface area contributed by atoms with Gasteiger partial charge in [0.25, 0.3) is 0 Å². The van der Waals surface area contributed by atoms with Crippen LogP contribution >= 0.6 is 15.9 Å². The molecule has 8 heteroatoms. The monoisotopic (exact) mass is 490 g/mol. The predicted molar refractivity (Wildman–Crippen MR) is 122 cm³/mol. The molecule has 1 aromatic carbocycles. The first-order valence-electron chi connectivity index (χ1n) is 10.3. The lowest BCUT2D eigenvalue weighted by molar-refractivity contribution is 0.512. The van der Waals surface area contributed by atoms with Crippen molar-refractivity contribution >= 4 is 25.8 Å². The van der Waals surface area contributed by atoms with Crippen LogP contribution < -0.4 is 0 Å². The Morgan fingerprint density at radius 3 is 2.37 bits per heavy atom. The first-order valence-corrected chi connectivity index (χ1v) is 12.8. The minimum absolute atomic E-state index is 0.210. The molecule has 0 bridgehead atoms. The number of rotatable bonds is 12. The van der Waals surface area contributed by atoms with Crippen molar-refractivity contribution in [2.75, 3.05) is 5.75 Å². The van der Waals surface area contributed by atoms with Crippen LogP contribution in [0, 0.1) is 0 Å². The van der Waals surface area contributed by atoms with Crippen LogP contribution in [0.25, 0.3) is 11.3 Å². The second kappa shape index (κ2) is 11.4. The molecule has 6 nitrogen and oxygen atoms in total. The van der Waals surface area contributed by atoms with Gasteiger partial charge in [0.2, 0.25) is 0 Å². The smallest absolute Gasteiger partial charge is 0.179 e. The van der Waals surface area contributed by atoms with Crippen molar-refractivity contribution in [2.24, 2.45) is 0 Å². The average molecular weight is 491 g/mol. The molecule has 0 aliphatic heterocycles. The van der Waals surface area contributed by atoms with Gasteiger partial charge in [-0.1, -0.05) is 49.5 Å². The Hall–Kier alpha value is -2.06. The number of unbranched alkanes of at least 4 members (excludes halogenated alkanes) is 6. The van der Waals surface area contributed by atoms with E-state index in [4.69, 9.17) is 0 Å². The van der Waals surface area contributed by atoms with Crippen molar-refractivity contribution in [3.63, 3.8) is 0 Å². The van der Waals surface area contributed by atoms with E-state index >= 15 is 0 Å². The number of hydrogen-bond donors (Lipinski definition) is 0. The largest absolute Gasteiger partial charge is 0.264 e. The Labute approximate surface area is 186 Å². The zero-order valence-corrected chi connectivity index (χ0v) is 19.4. The Balaban J connectivity index is 1.26. The highest BCUT2D eigenvalue weighted by atomic mass is 79.9. The number of pyridine rings is 1. The van der Waals surface area contributed by atoms with E-state index in [2.05, 4.69) is 31.2 Å². The minimum atomic E-state index is -3.21. The van der Waals surface area contributed by atoms with Gasteiger partial charge in [-0.15, -0.1) is 5.10 Å². The zero-order chi connectivity index (χ0) is 21.2. The summed E-state index contributed by atoms with van der Waals surface area (Å²) in [6.45, 7) is 0.859. The van der Waals surface area contributed by atoms with E-state index in [0.29, 0.717) is 15.8 Å². The van der Waals surface area contributed by atoms with Crippen molar-refractivity contribution in [1.82, 2.24) is 20.0 Å². The summed E-state index contributed by atoms with van der Waals surface area (Å²) < 4.78 is 27.3. The summed E-state index contributed by atoms with van der Waals surface area (Å²) >= 11 is 3.33. The molecular formula is C22H27BrN4O2S. The Morgan fingerprint density at radius 1 is 0.900 bits per heavy atom. The number of benzene rings is 1. The van der Waals surface area contributed by atoms with Crippen molar-refractivity contribution in [1.29, 1.82) is 0 Å². The molecule has 0 saturated carbocycles. The highest BCUT2D eigenvalue weighted by Gasteiger charge is 2.16. The number of aromatic nitrogens is 4. The van der Waals surface area contributed by atoms with Crippen LogP contribution in [0.1, 0.15) is 44.9 Å². The normalized spacial score (nSPS) is 11.6. The van der Waals surface area contributed by atoms with Gasteiger partial charge in [-0.05, 0) is 53.0 Å². The van der Waals surface area contributed by atoms with Gasteiger partial charge in [-0.2, -0.15) is 0 Å². The van der Waals surface area contributed by atoms with Gasteiger partial charge in [-0.25, -0.2) is 8.42 Å². The van der Waals surface area contributed by atoms with Gasteiger partial charge in [0.15, 0.2) is 9.84 Å². The number of halogens is 1. The highest BCUT2D eigenvalue weighted by molar-refractivity contribution is 9.10. The maximum Gasteiger partial charge on any atom is 0.179 e. The fourth-order valence-corrected chi connectivity index (χ4v) is 5.79. The molecule has 2 heterocycles. The van der Waals surface area contributed by atoms with Crippen molar-refractivity contribution in [2.45, 2.75) is 56.4 Å². The van der Waals surface area contributed by atoms with Crippen molar-refractivity contribution < 1.29 is 8.42 Å². The van der Waals surface area contributed by atoms with E-state index in [-0.39, 0.29) is 5.75 Å². The van der Waals surface area contributed by atoms with Crippen LogP contribution in [0.5, 0.6) is 0 Å². The lowest BCUT2D eigenvalue weighted by atomic mass is 10.1. The molecule has 0 saturated heterocycles. The van der Waals surface area contributed by atoms with E-state index in [1.54, 1.807) is 30.6 Å². The summed E-state index contributed by atoms with van der Waals surface area (Å²) in [7, 11) is -3.21. The molecule has 0 spiro atoms. The van der Waals surface area contributed by atoms with E-state index in [9.17, 15) is 8.42 Å². The fraction of sp³-hybridized carbons (Fsp3) is 0.409. The molecule has 0 aliphatic carbocycles. The van der Waals surface area contributed by atoms with Gasteiger partial charge in [0, 0.05) is 29.0 Å². The molecule has 30 heavy (non-hydrogen) atoms. The Kier molecular flexibility index (Phi) is 8.57. The quantitative estimate of drug-likeness (QED) is 0.321. The molecule has 0 radical (unpaired) electrons. The lowest BCUT2D eigenvalue weighted by Gasteiger charge is -2.06. The summed E-state index contributed by atoms with van der Waals surface area (Å²) in [4.78, 5) is 4.50. The number of hydrogen-bond acceptors (Lipinski definition) is 5. The minimum Gasteiger partial charge on any atom is -0.264 e. The second-order valence-corrected chi connectivity index (χ2v) is 10.3. The van der Waals surface area contributed by atoms with E-state index in [0.717, 1.165) is 56.3 Å². The van der Waals surface area contributed by atoms with E-state index < -0.39 is 9.84 Å². The van der Waals surface area contributed by atoms with Crippen LogP contribution in [0.3, 0.4) is 0 Å². The predicted octanol–water partition coefficient (Wildman–Crippen LogP) is 5.31. The Morgan fingerprint density at radius 2 is 1.63 bits per heavy atom. The second-order valence-electron chi connectivity index (χ2n) is 7.33.